The van der Waals surface area contributed by atoms with Gasteiger partial charge in [0.2, 0.25) is 0 Å². The second kappa shape index (κ2) is 5.29. The number of carbonyl (C=O) groups excluding carboxylic acids is 1. The molecule has 1 N–H and O–H groups in total. The maximum atomic E-state index is 10.7. The van der Waals surface area contributed by atoms with Gasteiger partial charge in [0, 0.05) is 6.54 Å². The first-order valence-electron chi connectivity index (χ1n) is 3.65. The molecular weight excluding hydrogens is 146 g/mol. The molecule has 1 atom stereocenters. The molecule has 0 bridgehead atoms. The quantitative estimate of drug-likeness (QED) is 0.584. The van der Waals surface area contributed by atoms with Crippen LogP contribution < -0.4 is 5.32 Å². The van der Waals surface area contributed by atoms with Crippen molar-refractivity contribution in [1.82, 2.24) is 5.32 Å². The van der Waals surface area contributed by atoms with Crippen LogP contribution in [-0.2, 0) is 4.74 Å². The molecule has 4 heteroatoms. The Morgan fingerprint density at radius 1 is 1.70 bits per heavy atom. The summed E-state index contributed by atoms with van der Waals surface area (Å²) in [6.45, 7) is 4.52. The molecule has 10 heavy (non-hydrogen) atoms. The Hall–Kier alpha value is -0.513. The molecule has 1 unspecified atom stereocenters. The number of ether oxygens (including phenoxy) is 1. The van der Waals surface area contributed by atoms with Gasteiger partial charge in [-0.1, -0.05) is 6.92 Å². The van der Waals surface area contributed by atoms with E-state index in [0.717, 1.165) is 16.7 Å². The van der Waals surface area contributed by atoms with Gasteiger partial charge in [-0.15, -0.1) is 0 Å². The molecule has 0 rings (SSSR count). The van der Waals surface area contributed by atoms with E-state index in [-0.39, 0.29) is 11.8 Å². The van der Waals surface area contributed by atoms with Crippen LogP contribution in [0.5, 0.6) is 0 Å². The number of nitrogens with one attached hydrogen (secondary N) is 1. The van der Waals surface area contributed by atoms with Gasteiger partial charge < -0.3 is 10.1 Å². The van der Waals surface area contributed by atoms with E-state index in [1.807, 2.05) is 13.8 Å². The van der Waals surface area contributed by atoms with E-state index >= 15 is 0 Å². The van der Waals surface area contributed by atoms with E-state index in [2.05, 4.69) is 5.32 Å². The van der Waals surface area contributed by atoms with Crippen LogP contribution >= 0.6 is 0 Å². The summed E-state index contributed by atoms with van der Waals surface area (Å²) in [5.74, 6) is 0. The molecule has 0 spiro atoms. The minimum atomic E-state index is -0.288. The number of alkyl carbamates (subject to hydrolysis) is 1. The Morgan fingerprint density at radius 3 is 2.70 bits per heavy atom. The molecule has 3 nitrogen and oxygen atoms in total. The molecule has 0 saturated heterocycles. The van der Waals surface area contributed by atoms with Crippen molar-refractivity contribution >= 4 is 16.3 Å². The predicted molar refractivity (Wildman–Crippen MR) is 44.2 cm³/mol. The highest BCUT2D eigenvalue weighted by molar-refractivity contribution is 6.11. The lowest BCUT2D eigenvalue weighted by molar-refractivity contribution is 0.131. The van der Waals surface area contributed by atoms with E-state index in [0.29, 0.717) is 6.54 Å². The van der Waals surface area contributed by atoms with Crippen molar-refractivity contribution in [3.8, 4) is 0 Å². The summed E-state index contributed by atoms with van der Waals surface area (Å²) < 4.78 is 4.95. The Balaban J connectivity index is 3.37. The molecular formula is C6H15NO2Si. The SMILES string of the molecule is CCNC(=O)OC([SiH3])CC. The van der Waals surface area contributed by atoms with E-state index in [1.165, 1.54) is 0 Å². The van der Waals surface area contributed by atoms with Gasteiger partial charge in [-0.2, -0.15) is 0 Å². The molecule has 0 aliphatic rings. The van der Waals surface area contributed by atoms with Gasteiger partial charge in [0.1, 0.15) is 0 Å². The highest BCUT2D eigenvalue weighted by Crippen LogP contribution is 1.91. The lowest BCUT2D eigenvalue weighted by Gasteiger charge is -2.10. The summed E-state index contributed by atoms with van der Waals surface area (Å²) in [6.07, 6.45) is 0.632. The largest absolute Gasteiger partial charge is 0.451 e. The minimum absolute atomic E-state index is 0.159. The zero-order valence-electron chi connectivity index (χ0n) is 6.81. The van der Waals surface area contributed by atoms with Crippen molar-refractivity contribution in [3.63, 3.8) is 0 Å². The number of carbonyl (C=O) groups is 1. The van der Waals surface area contributed by atoms with E-state index < -0.39 is 0 Å². The molecule has 60 valence electrons. The monoisotopic (exact) mass is 161 g/mol. The normalized spacial score (nSPS) is 12.6. The zero-order chi connectivity index (χ0) is 7.98. The molecule has 0 aliphatic heterocycles. The molecule has 0 heterocycles. The van der Waals surface area contributed by atoms with Crippen molar-refractivity contribution in [2.24, 2.45) is 0 Å². The molecule has 0 aromatic rings. The Labute approximate surface area is 64.6 Å². The van der Waals surface area contributed by atoms with Crippen molar-refractivity contribution < 1.29 is 9.53 Å². The molecule has 0 radical (unpaired) electrons. The third-order valence-corrected chi connectivity index (χ3v) is 2.26. The van der Waals surface area contributed by atoms with Crippen LogP contribution in [0, 0.1) is 0 Å². The maximum Gasteiger partial charge on any atom is 0.407 e. The molecule has 0 aliphatic carbocycles. The Morgan fingerprint density at radius 2 is 2.30 bits per heavy atom. The maximum absolute atomic E-state index is 10.7. The first-order chi connectivity index (χ1) is 4.70. The number of hydrogen-bond acceptors (Lipinski definition) is 2. The van der Waals surface area contributed by atoms with Crippen LogP contribution in [0.1, 0.15) is 20.3 Å². The average Bonchev–Trinajstić information content (AvgIpc) is 1.88. The average molecular weight is 161 g/mol. The lowest BCUT2D eigenvalue weighted by atomic mass is 10.5. The predicted octanol–water partition coefficient (Wildman–Crippen LogP) is -0.166. The van der Waals surface area contributed by atoms with Gasteiger partial charge in [-0.05, 0) is 13.3 Å². The van der Waals surface area contributed by atoms with Crippen LogP contribution in [0.2, 0.25) is 0 Å². The van der Waals surface area contributed by atoms with Crippen LogP contribution in [0.15, 0.2) is 0 Å². The zero-order valence-corrected chi connectivity index (χ0v) is 8.81. The smallest absolute Gasteiger partial charge is 0.407 e. The molecule has 1 amide bonds. The topological polar surface area (TPSA) is 38.3 Å². The summed E-state index contributed by atoms with van der Waals surface area (Å²) in [4.78, 5) is 10.7. The highest BCUT2D eigenvalue weighted by Gasteiger charge is 2.03. The van der Waals surface area contributed by atoms with Crippen LogP contribution in [0.3, 0.4) is 0 Å². The summed E-state index contributed by atoms with van der Waals surface area (Å²) in [5.41, 5.74) is 0.159. The fourth-order valence-electron chi connectivity index (χ4n) is 0.452. The molecule has 0 fully saturated rings. The number of rotatable bonds is 3. The van der Waals surface area contributed by atoms with E-state index in [1.54, 1.807) is 0 Å². The van der Waals surface area contributed by atoms with Crippen molar-refractivity contribution in [2.75, 3.05) is 6.54 Å². The fraction of sp³-hybridized carbons (Fsp3) is 0.833. The summed E-state index contributed by atoms with van der Waals surface area (Å²) in [6, 6.07) is 0. The number of hydrogen-bond donors (Lipinski definition) is 1. The van der Waals surface area contributed by atoms with Crippen LogP contribution in [0.4, 0.5) is 4.79 Å². The standard InChI is InChI=1S/C6H15NO2Si/c1-3-5(10)9-6(8)7-4-2/h5H,3-4H2,1-2,10H3,(H,7,8). The van der Waals surface area contributed by atoms with Gasteiger partial charge >= 0.3 is 6.09 Å². The van der Waals surface area contributed by atoms with Gasteiger partial charge in [0.25, 0.3) is 0 Å². The summed E-state index contributed by atoms with van der Waals surface area (Å²) in [5, 5.41) is 2.57. The molecule has 0 saturated carbocycles. The third-order valence-electron chi connectivity index (χ3n) is 1.20. The fourth-order valence-corrected chi connectivity index (χ4v) is 0.666. The highest BCUT2D eigenvalue weighted by atomic mass is 28.1. The van der Waals surface area contributed by atoms with Crippen LogP contribution in [0.25, 0.3) is 0 Å². The Kier molecular flexibility index (Phi) is 5.01. The van der Waals surface area contributed by atoms with Gasteiger partial charge in [-0.3, -0.25) is 0 Å². The van der Waals surface area contributed by atoms with Crippen molar-refractivity contribution in [1.29, 1.82) is 0 Å². The second-order valence-corrected chi connectivity index (χ2v) is 3.44. The molecule has 0 aromatic heterocycles. The number of amides is 1. The first kappa shape index (κ1) is 9.49. The lowest BCUT2D eigenvalue weighted by Crippen LogP contribution is -2.28. The van der Waals surface area contributed by atoms with E-state index in [9.17, 15) is 4.79 Å². The van der Waals surface area contributed by atoms with Gasteiger partial charge in [0.05, 0.1) is 16.0 Å². The third kappa shape index (κ3) is 4.37. The summed E-state index contributed by atoms with van der Waals surface area (Å²) >= 11 is 0. The van der Waals surface area contributed by atoms with Crippen molar-refractivity contribution in [2.45, 2.75) is 26.0 Å². The second-order valence-electron chi connectivity index (χ2n) is 2.15. The van der Waals surface area contributed by atoms with E-state index in [4.69, 9.17) is 4.74 Å². The molecule has 0 aromatic carbocycles. The van der Waals surface area contributed by atoms with Gasteiger partial charge in [-0.25, -0.2) is 4.79 Å². The van der Waals surface area contributed by atoms with Crippen LogP contribution in [-0.4, -0.2) is 28.6 Å². The summed E-state index contributed by atoms with van der Waals surface area (Å²) in [7, 11) is 0.912. The van der Waals surface area contributed by atoms with Gasteiger partial charge in [0.15, 0.2) is 0 Å². The Bertz CT molecular complexity index is 108. The first-order valence-corrected chi connectivity index (χ1v) is 4.80. The van der Waals surface area contributed by atoms with Crippen molar-refractivity contribution in [3.05, 3.63) is 0 Å². The minimum Gasteiger partial charge on any atom is -0.451 e.